The molecular formula is C21H18FN5O2. The van der Waals surface area contributed by atoms with Crippen LogP contribution in [0.2, 0.25) is 0 Å². The first-order valence-corrected chi connectivity index (χ1v) is 9.26. The Kier molecular flexibility index (Phi) is 3.87. The van der Waals surface area contributed by atoms with Crippen molar-refractivity contribution in [3.05, 3.63) is 52.7 Å². The maximum atomic E-state index is 15.0. The van der Waals surface area contributed by atoms with Crippen molar-refractivity contribution in [2.24, 2.45) is 0 Å². The van der Waals surface area contributed by atoms with Crippen LogP contribution in [-0.4, -0.2) is 34.2 Å². The fourth-order valence-electron chi connectivity index (χ4n) is 3.92. The molecule has 2 aliphatic rings. The van der Waals surface area contributed by atoms with Crippen LogP contribution in [0.4, 0.5) is 15.8 Å². The first kappa shape index (κ1) is 17.4. The molecule has 0 radical (unpaired) electrons. The monoisotopic (exact) mass is 391 g/mol. The Balaban J connectivity index is 1.71. The predicted molar refractivity (Wildman–Crippen MR) is 108 cm³/mol. The third-order valence-electron chi connectivity index (χ3n) is 5.36. The lowest BCUT2D eigenvalue weighted by Gasteiger charge is -2.22. The summed E-state index contributed by atoms with van der Waals surface area (Å²) in [5.74, 6) is -0.268. The average molecular weight is 391 g/mol. The highest BCUT2D eigenvalue weighted by molar-refractivity contribution is 6.35. The summed E-state index contributed by atoms with van der Waals surface area (Å²) < 4.78 is 20.6. The van der Waals surface area contributed by atoms with Crippen molar-refractivity contribution >= 4 is 28.9 Å². The molecule has 3 N–H and O–H groups in total. The lowest BCUT2D eigenvalue weighted by Crippen LogP contribution is -2.20. The Morgan fingerprint density at radius 3 is 2.83 bits per heavy atom. The Hall–Kier alpha value is -3.68. The van der Waals surface area contributed by atoms with E-state index in [4.69, 9.17) is 4.74 Å². The van der Waals surface area contributed by atoms with E-state index in [0.29, 0.717) is 35.7 Å². The fourth-order valence-corrected chi connectivity index (χ4v) is 3.92. The molecule has 0 fully saturated rings. The van der Waals surface area contributed by atoms with Crippen molar-refractivity contribution in [2.75, 3.05) is 23.8 Å². The van der Waals surface area contributed by atoms with Crippen molar-refractivity contribution in [2.45, 2.75) is 13.8 Å². The lowest BCUT2D eigenvalue weighted by atomic mass is 9.90. The van der Waals surface area contributed by atoms with Gasteiger partial charge < -0.3 is 15.4 Å². The maximum absolute atomic E-state index is 15.0. The average Bonchev–Trinajstić information content (AvgIpc) is 3.35. The van der Waals surface area contributed by atoms with Crippen LogP contribution in [0.5, 0.6) is 5.88 Å². The van der Waals surface area contributed by atoms with Gasteiger partial charge in [-0.25, -0.2) is 9.37 Å². The van der Waals surface area contributed by atoms with Crippen LogP contribution in [0.25, 0.3) is 22.8 Å². The summed E-state index contributed by atoms with van der Waals surface area (Å²) >= 11 is 0. The molecule has 2 aliphatic heterocycles. The number of nitrogens with one attached hydrogen (secondary N) is 3. The number of carbonyl (C=O) groups is 1. The number of benzene rings is 1. The zero-order chi connectivity index (χ0) is 20.1. The Morgan fingerprint density at radius 2 is 2.03 bits per heavy atom. The van der Waals surface area contributed by atoms with Gasteiger partial charge in [0.25, 0.3) is 5.91 Å². The number of fused-ring (bicyclic) bond motifs is 2. The second-order valence-electron chi connectivity index (χ2n) is 7.08. The first-order valence-electron chi connectivity index (χ1n) is 9.26. The highest BCUT2D eigenvalue weighted by Gasteiger charge is 2.31. The van der Waals surface area contributed by atoms with Gasteiger partial charge in [0.1, 0.15) is 18.1 Å². The van der Waals surface area contributed by atoms with Gasteiger partial charge >= 0.3 is 0 Å². The van der Waals surface area contributed by atoms with Gasteiger partial charge in [-0.15, -0.1) is 0 Å². The van der Waals surface area contributed by atoms with E-state index in [0.717, 1.165) is 27.9 Å². The van der Waals surface area contributed by atoms with Crippen molar-refractivity contribution in [3.8, 4) is 17.0 Å². The van der Waals surface area contributed by atoms with Gasteiger partial charge in [0.05, 0.1) is 17.5 Å². The smallest absolute Gasteiger partial charge is 0.256 e. The molecular weight excluding hydrogens is 373 g/mol. The molecule has 29 heavy (non-hydrogen) atoms. The normalized spacial score (nSPS) is 16.1. The van der Waals surface area contributed by atoms with Crippen LogP contribution >= 0.6 is 0 Å². The number of H-pyrrole nitrogens is 1. The van der Waals surface area contributed by atoms with Crippen molar-refractivity contribution in [1.82, 2.24) is 15.2 Å². The van der Waals surface area contributed by atoms with Crippen LogP contribution in [0.1, 0.15) is 22.3 Å². The largest absolute Gasteiger partial charge is 0.474 e. The van der Waals surface area contributed by atoms with Crippen molar-refractivity contribution in [3.63, 3.8) is 0 Å². The van der Waals surface area contributed by atoms with Crippen molar-refractivity contribution < 1.29 is 13.9 Å². The Morgan fingerprint density at radius 1 is 1.17 bits per heavy atom. The Bertz CT molecular complexity index is 1180. The molecule has 3 aromatic rings. The third kappa shape index (κ3) is 2.67. The van der Waals surface area contributed by atoms with Crippen LogP contribution in [0, 0.1) is 19.7 Å². The third-order valence-corrected chi connectivity index (χ3v) is 5.36. The maximum Gasteiger partial charge on any atom is 0.256 e. The van der Waals surface area contributed by atoms with E-state index in [1.807, 2.05) is 13.8 Å². The van der Waals surface area contributed by atoms with Gasteiger partial charge in [0, 0.05) is 35.6 Å². The molecule has 1 amide bonds. The number of ether oxygens (including phenoxy) is 1. The van der Waals surface area contributed by atoms with Crippen LogP contribution in [0.3, 0.4) is 0 Å². The molecule has 1 aromatic carbocycles. The van der Waals surface area contributed by atoms with Gasteiger partial charge in [-0.1, -0.05) is 0 Å². The van der Waals surface area contributed by atoms with Gasteiger partial charge in [-0.2, -0.15) is 5.10 Å². The number of hydrogen-bond donors (Lipinski definition) is 3. The SMILES string of the molecule is Cc1c(-c2cc(F)c3c(c2C)C(=Cc2cn[nH]c2)C(=O)N3)cnc2c1NCCO2. The van der Waals surface area contributed by atoms with E-state index in [-0.39, 0.29) is 11.6 Å². The Labute approximate surface area is 166 Å². The van der Waals surface area contributed by atoms with E-state index in [9.17, 15) is 9.18 Å². The molecule has 146 valence electrons. The number of anilines is 2. The number of carbonyl (C=O) groups excluding carboxylic acids is 1. The van der Waals surface area contributed by atoms with Gasteiger partial charge in [0.2, 0.25) is 5.88 Å². The highest BCUT2D eigenvalue weighted by atomic mass is 19.1. The summed E-state index contributed by atoms with van der Waals surface area (Å²) in [5, 5.41) is 12.6. The van der Waals surface area contributed by atoms with Gasteiger partial charge in [-0.05, 0) is 42.7 Å². The van der Waals surface area contributed by atoms with E-state index in [2.05, 4.69) is 25.8 Å². The number of hydrogen-bond acceptors (Lipinski definition) is 5. The van der Waals surface area contributed by atoms with Gasteiger partial charge in [-0.3, -0.25) is 9.89 Å². The zero-order valence-electron chi connectivity index (χ0n) is 15.9. The second-order valence-corrected chi connectivity index (χ2v) is 7.08. The van der Waals surface area contributed by atoms with E-state index in [1.165, 1.54) is 6.07 Å². The molecule has 4 heterocycles. The molecule has 0 unspecified atom stereocenters. The van der Waals surface area contributed by atoms with Crippen LogP contribution < -0.4 is 15.4 Å². The second kappa shape index (κ2) is 6.44. The van der Waals surface area contributed by atoms with Crippen LogP contribution in [0.15, 0.2) is 24.7 Å². The number of rotatable bonds is 2. The van der Waals surface area contributed by atoms with E-state index >= 15 is 0 Å². The summed E-state index contributed by atoms with van der Waals surface area (Å²) in [7, 11) is 0. The molecule has 7 nitrogen and oxygen atoms in total. The summed E-state index contributed by atoms with van der Waals surface area (Å²) in [6.45, 7) is 5.08. The molecule has 0 saturated heterocycles. The van der Waals surface area contributed by atoms with Crippen LogP contribution in [-0.2, 0) is 4.79 Å². The standard InChI is InChI=1S/C21H18FN5O2/c1-10-13(15-9-24-21-18(11(15)2)23-3-4-29-21)6-16(22)19-17(10)14(20(28)27-19)5-12-7-25-26-8-12/h5-9,23H,3-4H2,1-2H3,(H,25,26)(H,27,28). The molecule has 2 aromatic heterocycles. The number of aromatic amines is 1. The summed E-state index contributed by atoms with van der Waals surface area (Å²) in [4.78, 5) is 17.0. The molecule has 8 heteroatoms. The number of pyridine rings is 1. The molecule has 0 atom stereocenters. The number of halogens is 1. The highest BCUT2D eigenvalue weighted by Crippen LogP contribution is 2.44. The fraction of sp³-hybridized carbons (Fsp3) is 0.190. The van der Waals surface area contributed by atoms with Crippen molar-refractivity contribution in [1.29, 1.82) is 0 Å². The number of amides is 1. The first-order chi connectivity index (χ1) is 14.0. The summed E-state index contributed by atoms with van der Waals surface area (Å²) in [6, 6.07) is 1.45. The minimum Gasteiger partial charge on any atom is -0.474 e. The lowest BCUT2D eigenvalue weighted by molar-refractivity contribution is -0.110. The minimum absolute atomic E-state index is 0.205. The summed E-state index contributed by atoms with van der Waals surface area (Å²) in [6.07, 6.45) is 6.68. The number of nitrogens with zero attached hydrogens (tertiary/aromatic N) is 2. The van der Waals surface area contributed by atoms with Gasteiger partial charge in [0.15, 0.2) is 0 Å². The molecule has 0 spiro atoms. The zero-order valence-corrected chi connectivity index (χ0v) is 15.9. The minimum atomic E-state index is -0.481. The molecule has 0 bridgehead atoms. The molecule has 0 saturated carbocycles. The molecule has 0 aliphatic carbocycles. The van der Waals surface area contributed by atoms with E-state index in [1.54, 1.807) is 24.7 Å². The quantitative estimate of drug-likeness (QED) is 0.582. The predicted octanol–water partition coefficient (Wildman–Crippen LogP) is 3.52. The summed E-state index contributed by atoms with van der Waals surface area (Å²) in [5.41, 5.74) is 5.94. The topological polar surface area (TPSA) is 91.9 Å². The molecule has 5 rings (SSSR count). The van der Waals surface area contributed by atoms with E-state index < -0.39 is 5.82 Å². The number of aromatic nitrogens is 3.